The van der Waals surface area contributed by atoms with E-state index >= 15 is 0 Å². The number of carbonyl (C=O) groups is 3. The van der Waals surface area contributed by atoms with Crippen LogP contribution in [0.4, 0.5) is 10.5 Å². The van der Waals surface area contributed by atoms with Gasteiger partial charge >= 0.3 is 6.03 Å². The van der Waals surface area contributed by atoms with Gasteiger partial charge < -0.3 is 25.2 Å². The van der Waals surface area contributed by atoms with Crippen molar-refractivity contribution in [2.45, 2.75) is 37.3 Å². The van der Waals surface area contributed by atoms with Crippen LogP contribution in [0.25, 0.3) is 0 Å². The summed E-state index contributed by atoms with van der Waals surface area (Å²) in [6.07, 6.45) is 5.24. The van der Waals surface area contributed by atoms with Crippen molar-refractivity contribution in [2.75, 3.05) is 31.5 Å². The lowest BCUT2D eigenvalue weighted by atomic mass is 9.93. The molecule has 1 aromatic carbocycles. The van der Waals surface area contributed by atoms with Crippen LogP contribution in [-0.4, -0.2) is 71.0 Å². The van der Waals surface area contributed by atoms with Crippen LogP contribution in [0.2, 0.25) is 0 Å². The number of hydrogen-bond donors (Lipinski definition) is 2. The fourth-order valence-electron chi connectivity index (χ4n) is 4.53. The second-order valence-corrected chi connectivity index (χ2v) is 8.81. The number of ether oxygens (including phenoxy) is 1. The van der Waals surface area contributed by atoms with Gasteiger partial charge in [-0.25, -0.2) is 4.79 Å². The molecule has 5 rings (SSSR count). The van der Waals surface area contributed by atoms with Gasteiger partial charge in [0.25, 0.3) is 0 Å². The van der Waals surface area contributed by atoms with Gasteiger partial charge in [-0.3, -0.25) is 14.6 Å². The summed E-state index contributed by atoms with van der Waals surface area (Å²) in [5.41, 5.74) is 1.86. The molecule has 2 atom stereocenters. The topological polar surface area (TPSA) is 104 Å². The van der Waals surface area contributed by atoms with E-state index in [1.165, 1.54) is 0 Å². The molecule has 0 bridgehead atoms. The first-order valence-corrected chi connectivity index (χ1v) is 11.4. The first-order valence-electron chi connectivity index (χ1n) is 11.4. The predicted octanol–water partition coefficient (Wildman–Crippen LogP) is 1.97. The Kier molecular flexibility index (Phi) is 5.85. The zero-order valence-electron chi connectivity index (χ0n) is 18.3. The molecule has 0 unspecified atom stereocenters. The minimum atomic E-state index is -0.398. The standard InChI is InChI=1S/C24H27N5O4/c30-22-8-7-21(27-22)23(31)28-11-9-20(15-28)33-19-5-3-18(4-6-19)26-24(32)29-13-17(14-29)16-2-1-10-25-12-16/h1-6,10,12,17,20-21H,7-9,11,13-15H2,(H,26,32)(H,27,30)/t20-,21-/m1/s1. The number of aromatic nitrogens is 1. The van der Waals surface area contributed by atoms with E-state index in [9.17, 15) is 14.4 Å². The highest BCUT2D eigenvalue weighted by Gasteiger charge is 2.35. The second-order valence-electron chi connectivity index (χ2n) is 8.81. The number of nitrogens with one attached hydrogen (secondary N) is 2. The van der Waals surface area contributed by atoms with Gasteiger partial charge in [-0.1, -0.05) is 6.07 Å². The molecule has 0 spiro atoms. The van der Waals surface area contributed by atoms with E-state index in [0.29, 0.717) is 56.4 Å². The molecular weight excluding hydrogens is 422 g/mol. The SMILES string of the molecule is O=C1CC[C@H](C(=O)N2CC[C@@H](Oc3ccc(NC(=O)N4CC(c5cccnc5)C4)cc3)C2)N1. The number of pyridine rings is 1. The van der Waals surface area contributed by atoms with Gasteiger partial charge in [0.2, 0.25) is 11.8 Å². The minimum absolute atomic E-state index is 0.0261. The van der Waals surface area contributed by atoms with Crippen LogP contribution in [0.15, 0.2) is 48.8 Å². The maximum absolute atomic E-state index is 12.5. The van der Waals surface area contributed by atoms with E-state index in [1.807, 2.05) is 42.6 Å². The van der Waals surface area contributed by atoms with E-state index in [0.717, 1.165) is 12.0 Å². The Labute approximate surface area is 192 Å². The van der Waals surface area contributed by atoms with Crippen LogP contribution in [0, 0.1) is 0 Å². The third kappa shape index (κ3) is 4.76. The number of likely N-dealkylation sites (tertiary alicyclic amines) is 2. The summed E-state index contributed by atoms with van der Waals surface area (Å²) in [6, 6.07) is 10.7. The molecule has 3 fully saturated rings. The third-order valence-corrected chi connectivity index (χ3v) is 6.48. The number of carbonyl (C=O) groups excluding carboxylic acids is 3. The van der Waals surface area contributed by atoms with Gasteiger partial charge in [-0.05, 0) is 42.3 Å². The highest BCUT2D eigenvalue weighted by molar-refractivity contribution is 5.91. The summed E-state index contributed by atoms with van der Waals surface area (Å²) in [5.74, 6) is 0.946. The number of urea groups is 1. The molecule has 4 amide bonds. The Morgan fingerprint density at radius 1 is 1.06 bits per heavy atom. The summed E-state index contributed by atoms with van der Waals surface area (Å²) >= 11 is 0. The Morgan fingerprint density at radius 3 is 2.58 bits per heavy atom. The Morgan fingerprint density at radius 2 is 1.88 bits per heavy atom. The lowest BCUT2D eigenvalue weighted by Crippen LogP contribution is -2.50. The summed E-state index contributed by atoms with van der Waals surface area (Å²) in [7, 11) is 0. The predicted molar refractivity (Wildman–Crippen MR) is 121 cm³/mol. The van der Waals surface area contributed by atoms with Gasteiger partial charge in [-0.2, -0.15) is 0 Å². The Balaban J connectivity index is 1.07. The molecule has 3 aliphatic heterocycles. The van der Waals surface area contributed by atoms with Crippen molar-refractivity contribution in [3.63, 3.8) is 0 Å². The molecule has 172 valence electrons. The highest BCUT2D eigenvalue weighted by Crippen LogP contribution is 2.27. The largest absolute Gasteiger partial charge is 0.489 e. The molecule has 3 saturated heterocycles. The number of anilines is 1. The number of nitrogens with zero attached hydrogens (tertiary/aromatic N) is 3. The van der Waals surface area contributed by atoms with Gasteiger partial charge in [0.15, 0.2) is 0 Å². The molecular formula is C24H27N5O4. The first-order chi connectivity index (χ1) is 16.0. The van der Waals surface area contributed by atoms with Crippen LogP contribution in [0.1, 0.15) is 30.7 Å². The van der Waals surface area contributed by atoms with Gasteiger partial charge in [-0.15, -0.1) is 0 Å². The van der Waals surface area contributed by atoms with Crippen LogP contribution in [0.3, 0.4) is 0 Å². The van der Waals surface area contributed by atoms with Crippen molar-refractivity contribution >= 4 is 23.5 Å². The number of amides is 4. The van der Waals surface area contributed by atoms with Crippen molar-refractivity contribution in [2.24, 2.45) is 0 Å². The smallest absolute Gasteiger partial charge is 0.321 e. The zero-order valence-corrected chi connectivity index (χ0v) is 18.3. The molecule has 3 aliphatic rings. The fraction of sp³-hybridized carbons (Fsp3) is 0.417. The molecule has 1 aromatic heterocycles. The van der Waals surface area contributed by atoms with Crippen LogP contribution >= 0.6 is 0 Å². The molecule has 0 radical (unpaired) electrons. The molecule has 0 aliphatic carbocycles. The summed E-state index contributed by atoms with van der Waals surface area (Å²) in [5, 5.41) is 5.65. The first kappa shape index (κ1) is 21.2. The van der Waals surface area contributed by atoms with Crippen LogP contribution in [-0.2, 0) is 9.59 Å². The summed E-state index contributed by atoms with van der Waals surface area (Å²) in [4.78, 5) is 44.0. The highest BCUT2D eigenvalue weighted by atomic mass is 16.5. The monoisotopic (exact) mass is 449 g/mol. The summed E-state index contributed by atoms with van der Waals surface area (Å²) in [6.45, 7) is 2.50. The Hall–Kier alpha value is -3.62. The van der Waals surface area contributed by atoms with Crippen molar-refractivity contribution < 1.29 is 19.1 Å². The van der Waals surface area contributed by atoms with Crippen molar-refractivity contribution in [3.8, 4) is 5.75 Å². The number of benzene rings is 1. The van der Waals surface area contributed by atoms with E-state index < -0.39 is 6.04 Å². The molecule has 2 aromatic rings. The molecule has 2 N–H and O–H groups in total. The van der Waals surface area contributed by atoms with E-state index in [-0.39, 0.29) is 23.9 Å². The number of hydrogen-bond acceptors (Lipinski definition) is 5. The van der Waals surface area contributed by atoms with Crippen LogP contribution in [0.5, 0.6) is 5.75 Å². The minimum Gasteiger partial charge on any atom is -0.489 e. The van der Waals surface area contributed by atoms with E-state index in [2.05, 4.69) is 15.6 Å². The lowest BCUT2D eigenvalue weighted by molar-refractivity contribution is -0.133. The van der Waals surface area contributed by atoms with Crippen molar-refractivity contribution in [1.82, 2.24) is 20.1 Å². The van der Waals surface area contributed by atoms with E-state index in [4.69, 9.17) is 4.74 Å². The van der Waals surface area contributed by atoms with Gasteiger partial charge in [0.05, 0.1) is 6.54 Å². The van der Waals surface area contributed by atoms with Crippen LogP contribution < -0.4 is 15.4 Å². The molecule has 33 heavy (non-hydrogen) atoms. The number of rotatable bonds is 5. The third-order valence-electron chi connectivity index (χ3n) is 6.48. The van der Waals surface area contributed by atoms with Crippen molar-refractivity contribution in [3.05, 3.63) is 54.4 Å². The van der Waals surface area contributed by atoms with Gasteiger partial charge in [0, 0.05) is 56.5 Å². The molecule has 0 saturated carbocycles. The molecule has 4 heterocycles. The molecule has 9 nitrogen and oxygen atoms in total. The van der Waals surface area contributed by atoms with E-state index in [1.54, 1.807) is 16.0 Å². The maximum atomic E-state index is 12.5. The average molecular weight is 450 g/mol. The average Bonchev–Trinajstić information content (AvgIpc) is 3.43. The zero-order chi connectivity index (χ0) is 22.8. The lowest BCUT2D eigenvalue weighted by Gasteiger charge is -2.39. The fourth-order valence-corrected chi connectivity index (χ4v) is 4.53. The normalized spacial score (nSPS) is 22.6. The quantitative estimate of drug-likeness (QED) is 0.726. The Bertz CT molecular complexity index is 1020. The second kappa shape index (κ2) is 9.09. The molecule has 9 heteroatoms. The van der Waals surface area contributed by atoms with Gasteiger partial charge in [0.1, 0.15) is 17.9 Å². The van der Waals surface area contributed by atoms with Crippen molar-refractivity contribution in [1.29, 1.82) is 0 Å². The summed E-state index contributed by atoms with van der Waals surface area (Å²) < 4.78 is 6.03. The maximum Gasteiger partial charge on any atom is 0.321 e.